The van der Waals surface area contributed by atoms with E-state index >= 15 is 0 Å². The summed E-state index contributed by atoms with van der Waals surface area (Å²) < 4.78 is 20.4. The normalized spacial score (nSPS) is 7.08. The van der Waals surface area contributed by atoms with E-state index < -0.39 is 7.82 Å². The molecule has 224 valence electrons. The number of carbonyl (C=O) groups is 1. The molecule has 0 saturated heterocycles. The van der Waals surface area contributed by atoms with Gasteiger partial charge in [0.15, 0.2) is 0 Å². The lowest BCUT2D eigenvalue weighted by atomic mass is 10.2. The van der Waals surface area contributed by atoms with Gasteiger partial charge in [-0.3, -0.25) is 14.2 Å². The number of carbonyl (C=O) groups excluding carboxylic acids is 1. The van der Waals surface area contributed by atoms with Gasteiger partial charge in [-0.1, -0.05) is 12.7 Å². The van der Waals surface area contributed by atoms with Crippen molar-refractivity contribution >= 4 is 13.7 Å². The lowest BCUT2D eigenvalue weighted by Crippen LogP contribution is -2.24. The van der Waals surface area contributed by atoms with Gasteiger partial charge in [-0.2, -0.15) is 0 Å². The van der Waals surface area contributed by atoms with Gasteiger partial charge in [-0.05, 0) is 83.5 Å². The molecule has 7 heteroatoms. The highest BCUT2D eigenvalue weighted by Gasteiger charge is 2.20. The Labute approximate surface area is 288 Å². The van der Waals surface area contributed by atoms with Crippen LogP contribution >= 0.6 is 7.82 Å². The Morgan fingerprint density at radius 2 is 1.00 bits per heavy atom. The maximum atomic E-state index is 11.5. The number of hydrogen-bond donors (Lipinski definition) is 2. The fourth-order valence-electron chi connectivity index (χ4n) is 1.80. The predicted octanol–water partition coefficient (Wildman–Crippen LogP) is 1.85. The van der Waals surface area contributed by atoms with Crippen molar-refractivity contribution in [1.82, 2.24) is 5.32 Å². The van der Waals surface area contributed by atoms with Crippen LogP contribution in [-0.2, 0) is 18.4 Å². The van der Waals surface area contributed by atoms with Gasteiger partial charge in [-0.25, -0.2) is 4.57 Å². The second-order valence-corrected chi connectivity index (χ2v) is 8.36. The van der Waals surface area contributed by atoms with E-state index in [0.29, 0.717) is 6.42 Å². The summed E-state index contributed by atoms with van der Waals surface area (Å²) in [6, 6.07) is 0. The molecular weight excluding hydrogens is 629 g/mol. The van der Waals surface area contributed by atoms with Crippen LogP contribution in [0.3, 0.4) is 0 Å². The summed E-state index contributed by atoms with van der Waals surface area (Å²) >= 11 is 0. The number of phosphoric ester groups is 1. The first-order valence-corrected chi connectivity index (χ1v) is 14.5. The summed E-state index contributed by atoms with van der Waals surface area (Å²) in [6.45, 7) is 6.41. The molecule has 0 aromatic carbocycles. The largest absolute Gasteiger partial charge is 0.536 e. The highest BCUT2D eigenvalue weighted by molar-refractivity contribution is 7.47. The van der Waals surface area contributed by atoms with E-state index in [1.165, 1.54) is 6.92 Å². The molecule has 0 radical (unpaired) electrons. The minimum Gasteiger partial charge on any atom is -0.354 e. The highest BCUT2D eigenvalue weighted by atomic mass is 31.2. The molecule has 0 spiro atoms. The van der Waals surface area contributed by atoms with Crippen LogP contribution in [0.1, 0.15) is 20.3 Å². The van der Waals surface area contributed by atoms with Gasteiger partial charge in [0, 0.05) is 132 Å². The Bertz CT molecular complexity index is 2530. The molecular formula is C42H16NO5P. The third kappa shape index (κ3) is 32.4. The number of hydrogen-bond acceptors (Lipinski definition) is 4. The first-order valence-electron chi connectivity index (χ1n) is 13.0. The number of allylic oxidation sites excluding steroid dienone is 1. The van der Waals surface area contributed by atoms with Crippen molar-refractivity contribution in [1.29, 1.82) is 0 Å². The van der Waals surface area contributed by atoms with Crippen molar-refractivity contribution in [3.05, 3.63) is 35.1 Å². The number of phosphoric acid groups is 1. The van der Waals surface area contributed by atoms with E-state index in [1.54, 1.807) is 0 Å². The molecule has 0 heterocycles. The Morgan fingerprint density at radius 3 is 1.35 bits per heavy atom. The van der Waals surface area contributed by atoms with E-state index in [9.17, 15) is 14.3 Å². The van der Waals surface area contributed by atoms with Gasteiger partial charge in [0.05, 0.1) is 12.2 Å². The number of nitrogens with one attached hydrogen (secondary N) is 1. The maximum Gasteiger partial charge on any atom is 0.536 e. The van der Waals surface area contributed by atoms with Crippen LogP contribution in [0.2, 0.25) is 0 Å². The predicted molar refractivity (Wildman–Crippen MR) is 186 cm³/mol. The van der Waals surface area contributed by atoms with Crippen LogP contribution in [0.4, 0.5) is 0 Å². The van der Waals surface area contributed by atoms with Crippen LogP contribution in [0.25, 0.3) is 0 Å². The summed E-state index contributed by atoms with van der Waals surface area (Å²) in [7, 11) is -4.38. The molecule has 0 fully saturated rings. The monoisotopic (exact) mass is 645 g/mol. The molecule has 0 aromatic rings. The molecule has 0 rings (SSSR count). The van der Waals surface area contributed by atoms with Gasteiger partial charge in [0.2, 0.25) is 5.91 Å². The maximum absolute atomic E-state index is 11.5. The molecule has 1 unspecified atom stereocenters. The topological polar surface area (TPSA) is 84.9 Å². The fourth-order valence-corrected chi connectivity index (χ4v) is 2.33. The van der Waals surface area contributed by atoms with Crippen molar-refractivity contribution in [2.24, 2.45) is 0 Å². The van der Waals surface area contributed by atoms with Gasteiger partial charge in [0.1, 0.15) is 6.11 Å². The smallest absolute Gasteiger partial charge is 0.354 e. The second kappa shape index (κ2) is 31.1. The lowest BCUT2D eigenvalue weighted by molar-refractivity contribution is -0.119. The molecule has 0 aromatic heterocycles. The molecule has 1 atom stereocenters. The Hall–Kier alpha value is -8.32. The molecule has 6 nitrogen and oxygen atoms in total. The summed E-state index contributed by atoms with van der Waals surface area (Å²) in [5, 5.41) is 2.38. The third-order valence-corrected chi connectivity index (χ3v) is 4.39. The average molecular weight is 646 g/mol. The quantitative estimate of drug-likeness (QED) is 0.200. The van der Waals surface area contributed by atoms with E-state index in [0.717, 1.165) is 5.57 Å². The SMILES string of the molecule is C=C=C=C=C=C(C#CC#CC#CC#CC#CC#CC#CC#CC#CC#CC#CC#CC#CC#CC#COP(=O)(O)OCCNC(C)=O)CC. The van der Waals surface area contributed by atoms with Crippen molar-refractivity contribution in [2.75, 3.05) is 13.2 Å². The van der Waals surface area contributed by atoms with E-state index in [1.807, 2.05) is 13.0 Å². The Kier molecular flexibility index (Phi) is 25.8. The Balaban J connectivity index is 4.61. The minimum absolute atomic E-state index is 0.0404. The number of rotatable bonds is 6. The second-order valence-electron chi connectivity index (χ2n) is 6.99. The summed E-state index contributed by atoms with van der Waals surface area (Å²) in [6.07, 6.45) is 2.59. The molecule has 0 aliphatic carbocycles. The molecule has 0 aliphatic rings. The Morgan fingerprint density at radius 1 is 0.633 bits per heavy atom. The zero-order valence-electron chi connectivity index (χ0n) is 25.9. The molecule has 1 amide bonds. The van der Waals surface area contributed by atoms with Crippen molar-refractivity contribution in [2.45, 2.75) is 20.3 Å². The standard InChI is InChI=1S/C42H16NO5P/c1-4-6-33-36-42(5-2)37-34-31-29-27-25-23-21-19-17-15-13-11-9-7-8-10-12-14-16-18-20-22-24-26-28-30-32-35-39-47-49(45,46)48-40-38-43-41(3)44/h1,5,38,40H2,2-3H3,(H,43,44)(H,45,46). The van der Waals surface area contributed by atoms with Crippen LogP contribution < -0.4 is 5.32 Å². The van der Waals surface area contributed by atoms with Gasteiger partial charge < -0.3 is 9.84 Å². The molecule has 49 heavy (non-hydrogen) atoms. The number of amides is 1. The van der Waals surface area contributed by atoms with Crippen molar-refractivity contribution in [3.63, 3.8) is 0 Å². The third-order valence-electron chi connectivity index (χ3n) is 3.56. The van der Waals surface area contributed by atoms with Gasteiger partial charge in [-0.15, -0.1) is 0 Å². The van der Waals surface area contributed by atoms with Crippen molar-refractivity contribution in [3.8, 4) is 178 Å². The van der Waals surface area contributed by atoms with Crippen LogP contribution in [0.15, 0.2) is 35.1 Å². The summed E-state index contributed by atoms with van der Waals surface area (Å²) in [5.41, 5.74) is 11.2. The average Bonchev–Trinajstić information content (AvgIpc) is 3.08. The van der Waals surface area contributed by atoms with Crippen LogP contribution in [-0.4, -0.2) is 24.0 Å². The van der Waals surface area contributed by atoms with E-state index in [-0.39, 0.29) is 19.1 Å². The minimum atomic E-state index is -4.38. The first kappa shape index (κ1) is 40.7. The van der Waals surface area contributed by atoms with Crippen molar-refractivity contribution < 1.29 is 23.3 Å². The van der Waals surface area contributed by atoms with Gasteiger partial charge in [0.25, 0.3) is 0 Å². The molecule has 0 bridgehead atoms. The lowest BCUT2D eigenvalue weighted by Gasteiger charge is -2.07. The summed E-state index contributed by atoms with van der Waals surface area (Å²) in [5.74, 6) is 71.5. The highest BCUT2D eigenvalue weighted by Crippen LogP contribution is 2.42. The zero-order valence-corrected chi connectivity index (χ0v) is 26.8. The van der Waals surface area contributed by atoms with Gasteiger partial charge >= 0.3 is 7.82 Å². The zero-order chi connectivity index (χ0) is 35.9. The van der Waals surface area contributed by atoms with E-state index in [4.69, 9.17) is 0 Å². The van der Waals surface area contributed by atoms with Crippen LogP contribution in [0, 0.1) is 178 Å². The fraction of sp³-hybridized carbons (Fsp3) is 0.119. The van der Waals surface area contributed by atoms with Crippen LogP contribution in [0.5, 0.6) is 0 Å². The molecule has 2 N–H and O–H groups in total. The van der Waals surface area contributed by atoms with E-state index in [2.05, 4.69) is 216 Å². The first-order chi connectivity index (χ1) is 23.9. The summed E-state index contributed by atoms with van der Waals surface area (Å²) in [4.78, 5) is 20.0. The molecule has 0 saturated carbocycles. The molecule has 0 aliphatic heterocycles.